The van der Waals surface area contributed by atoms with Crippen LogP contribution in [0.2, 0.25) is 0 Å². The van der Waals surface area contributed by atoms with E-state index in [2.05, 4.69) is 5.43 Å². The van der Waals surface area contributed by atoms with Crippen LogP contribution in [0.5, 0.6) is 0 Å². The first-order valence-electron chi connectivity index (χ1n) is 3.96. The predicted octanol–water partition coefficient (Wildman–Crippen LogP) is 0.653. The zero-order valence-corrected chi connectivity index (χ0v) is 7.02. The number of ether oxygens (including phenoxy) is 1. The Balaban J connectivity index is 2.53. The molecule has 0 aromatic heterocycles. The van der Waals surface area contributed by atoms with Gasteiger partial charge in [0.2, 0.25) is 0 Å². The van der Waals surface area contributed by atoms with E-state index in [1.807, 2.05) is 0 Å². The molecule has 0 amide bonds. The lowest BCUT2D eigenvalue weighted by Gasteiger charge is -2.34. The highest BCUT2D eigenvalue weighted by atomic mass is 19.3. The highest BCUT2D eigenvalue weighted by molar-refractivity contribution is 4.88. The molecular weight excluding hydrogens is 166 g/mol. The van der Waals surface area contributed by atoms with Gasteiger partial charge in [0.25, 0.3) is 5.92 Å². The lowest BCUT2D eigenvalue weighted by molar-refractivity contribution is -0.0984. The molecule has 3 nitrogen and oxygen atoms in total. The standard InChI is InChI=1S/C7H14F2N2O/c1-12-6-4-7(8,9)3-2-5(6)11-10/h5-6,11H,2-4,10H2,1H3. The van der Waals surface area contributed by atoms with Crippen LogP contribution in [0.4, 0.5) is 8.78 Å². The summed E-state index contributed by atoms with van der Waals surface area (Å²) in [5.74, 6) is 2.59. The molecule has 0 bridgehead atoms. The minimum absolute atomic E-state index is 0.109. The highest BCUT2D eigenvalue weighted by Crippen LogP contribution is 2.34. The minimum atomic E-state index is -2.59. The molecule has 0 saturated heterocycles. The van der Waals surface area contributed by atoms with Crippen LogP contribution in [0, 0.1) is 0 Å². The van der Waals surface area contributed by atoms with Crippen molar-refractivity contribution in [2.24, 2.45) is 5.84 Å². The molecule has 3 N–H and O–H groups in total. The lowest BCUT2D eigenvalue weighted by atomic mass is 9.90. The lowest BCUT2D eigenvalue weighted by Crippen LogP contribution is -2.50. The van der Waals surface area contributed by atoms with Crippen molar-refractivity contribution < 1.29 is 13.5 Å². The Labute approximate surface area is 70.2 Å². The molecule has 1 rings (SSSR count). The molecule has 1 aliphatic rings. The molecule has 5 heteroatoms. The molecule has 0 radical (unpaired) electrons. The smallest absolute Gasteiger partial charge is 0.250 e. The molecule has 2 atom stereocenters. The number of methoxy groups -OCH3 is 1. The van der Waals surface area contributed by atoms with E-state index in [4.69, 9.17) is 10.6 Å². The highest BCUT2D eigenvalue weighted by Gasteiger charge is 2.41. The van der Waals surface area contributed by atoms with Crippen LogP contribution in [0.1, 0.15) is 19.3 Å². The van der Waals surface area contributed by atoms with E-state index in [-0.39, 0.29) is 18.9 Å². The Morgan fingerprint density at radius 2 is 2.25 bits per heavy atom. The summed E-state index contributed by atoms with van der Waals surface area (Å²) in [5, 5.41) is 0. The Kier molecular flexibility index (Phi) is 2.98. The van der Waals surface area contributed by atoms with Crippen molar-refractivity contribution in [3.63, 3.8) is 0 Å². The van der Waals surface area contributed by atoms with Gasteiger partial charge in [0.05, 0.1) is 6.10 Å². The number of hydrazine groups is 1. The van der Waals surface area contributed by atoms with Gasteiger partial charge in [0, 0.05) is 26.0 Å². The summed E-state index contributed by atoms with van der Waals surface area (Å²) >= 11 is 0. The molecule has 1 aliphatic carbocycles. The average molecular weight is 180 g/mol. The van der Waals surface area contributed by atoms with Crippen molar-refractivity contribution >= 4 is 0 Å². The van der Waals surface area contributed by atoms with Crippen LogP contribution in [-0.2, 0) is 4.74 Å². The summed E-state index contributed by atoms with van der Waals surface area (Å²) < 4.78 is 30.5. The molecule has 1 fully saturated rings. The van der Waals surface area contributed by atoms with Crippen LogP contribution >= 0.6 is 0 Å². The minimum Gasteiger partial charge on any atom is -0.380 e. The van der Waals surface area contributed by atoms with E-state index in [0.717, 1.165) is 0 Å². The van der Waals surface area contributed by atoms with E-state index in [0.29, 0.717) is 6.42 Å². The molecule has 12 heavy (non-hydrogen) atoms. The summed E-state index contributed by atoms with van der Waals surface area (Å²) in [6.07, 6.45) is -0.457. The fraction of sp³-hybridized carbons (Fsp3) is 1.00. The summed E-state index contributed by atoms with van der Waals surface area (Å²) in [6.45, 7) is 0. The van der Waals surface area contributed by atoms with Gasteiger partial charge in [-0.15, -0.1) is 0 Å². The first-order valence-corrected chi connectivity index (χ1v) is 3.96. The number of hydrogen-bond donors (Lipinski definition) is 2. The summed E-state index contributed by atoms with van der Waals surface area (Å²) in [4.78, 5) is 0. The van der Waals surface area contributed by atoms with Gasteiger partial charge in [-0.3, -0.25) is 11.3 Å². The summed E-state index contributed by atoms with van der Waals surface area (Å²) in [6, 6.07) is -0.144. The van der Waals surface area contributed by atoms with E-state index in [1.54, 1.807) is 0 Å². The number of halogens is 2. The largest absolute Gasteiger partial charge is 0.380 e. The summed E-state index contributed by atoms with van der Waals surface area (Å²) in [5.41, 5.74) is 2.48. The maximum Gasteiger partial charge on any atom is 0.250 e. The number of nitrogens with two attached hydrogens (primary N) is 1. The molecule has 72 valence electrons. The fourth-order valence-electron chi connectivity index (χ4n) is 1.53. The molecule has 0 aliphatic heterocycles. The van der Waals surface area contributed by atoms with Crippen LogP contribution in [0.15, 0.2) is 0 Å². The van der Waals surface area contributed by atoms with Crippen LogP contribution in [-0.4, -0.2) is 25.2 Å². The van der Waals surface area contributed by atoms with E-state index >= 15 is 0 Å². The van der Waals surface area contributed by atoms with E-state index < -0.39 is 12.0 Å². The second-order valence-corrected chi connectivity index (χ2v) is 3.15. The normalized spacial score (nSPS) is 35.0. The molecule has 0 heterocycles. The zero-order valence-electron chi connectivity index (χ0n) is 7.02. The second-order valence-electron chi connectivity index (χ2n) is 3.15. The third kappa shape index (κ3) is 2.12. The average Bonchev–Trinajstić information content (AvgIpc) is 2.03. The van der Waals surface area contributed by atoms with Crippen LogP contribution in [0.25, 0.3) is 0 Å². The van der Waals surface area contributed by atoms with Gasteiger partial charge in [-0.05, 0) is 6.42 Å². The third-order valence-electron chi connectivity index (χ3n) is 2.29. The quantitative estimate of drug-likeness (QED) is 0.484. The zero-order chi connectivity index (χ0) is 9.19. The number of rotatable bonds is 2. The van der Waals surface area contributed by atoms with Crippen LogP contribution < -0.4 is 11.3 Å². The number of hydrogen-bond acceptors (Lipinski definition) is 3. The summed E-state index contributed by atoms with van der Waals surface area (Å²) in [7, 11) is 1.43. The molecule has 1 saturated carbocycles. The second kappa shape index (κ2) is 3.64. The molecule has 0 aromatic carbocycles. The maximum atomic E-state index is 12.8. The predicted molar refractivity (Wildman–Crippen MR) is 40.7 cm³/mol. The van der Waals surface area contributed by atoms with E-state index in [9.17, 15) is 8.78 Å². The monoisotopic (exact) mass is 180 g/mol. The van der Waals surface area contributed by atoms with Gasteiger partial charge < -0.3 is 4.74 Å². The van der Waals surface area contributed by atoms with Gasteiger partial charge in [0.15, 0.2) is 0 Å². The van der Waals surface area contributed by atoms with Gasteiger partial charge >= 0.3 is 0 Å². The number of nitrogens with one attached hydrogen (secondary N) is 1. The molecule has 2 unspecified atom stereocenters. The van der Waals surface area contributed by atoms with Crippen LogP contribution in [0.3, 0.4) is 0 Å². The van der Waals surface area contributed by atoms with Gasteiger partial charge in [-0.2, -0.15) is 0 Å². The Morgan fingerprint density at radius 1 is 1.58 bits per heavy atom. The Bertz CT molecular complexity index is 154. The van der Waals surface area contributed by atoms with Crippen molar-refractivity contribution in [2.75, 3.05) is 7.11 Å². The molecule has 0 aromatic rings. The first-order chi connectivity index (χ1) is 5.59. The first kappa shape index (κ1) is 9.83. The van der Waals surface area contributed by atoms with E-state index in [1.165, 1.54) is 7.11 Å². The van der Waals surface area contributed by atoms with Crippen molar-refractivity contribution in [3.8, 4) is 0 Å². The van der Waals surface area contributed by atoms with Crippen molar-refractivity contribution in [1.29, 1.82) is 0 Å². The molecular formula is C7H14F2N2O. The SMILES string of the molecule is COC1CC(F)(F)CCC1NN. The topological polar surface area (TPSA) is 47.3 Å². The Morgan fingerprint density at radius 3 is 2.75 bits per heavy atom. The number of alkyl halides is 2. The van der Waals surface area contributed by atoms with Gasteiger partial charge in [0.1, 0.15) is 0 Å². The van der Waals surface area contributed by atoms with Crippen molar-refractivity contribution in [3.05, 3.63) is 0 Å². The fourth-order valence-corrected chi connectivity index (χ4v) is 1.53. The van der Waals surface area contributed by atoms with Crippen molar-refractivity contribution in [2.45, 2.75) is 37.3 Å². The molecule has 0 spiro atoms. The van der Waals surface area contributed by atoms with Gasteiger partial charge in [-0.1, -0.05) is 0 Å². The van der Waals surface area contributed by atoms with Gasteiger partial charge in [-0.25, -0.2) is 8.78 Å². The maximum absolute atomic E-state index is 12.8. The van der Waals surface area contributed by atoms with Crippen molar-refractivity contribution in [1.82, 2.24) is 5.43 Å². The third-order valence-corrected chi connectivity index (χ3v) is 2.29. The Hall–Kier alpha value is -0.260.